The second-order valence-electron chi connectivity index (χ2n) is 8.64. The Balaban J connectivity index is 1.35. The number of aliphatic carboxylic acids is 1. The van der Waals surface area contributed by atoms with Gasteiger partial charge >= 0.3 is 5.97 Å². The lowest BCUT2D eigenvalue weighted by Gasteiger charge is -2.49. The monoisotopic (exact) mass is 558 g/mol. The second kappa shape index (κ2) is 10.1. The van der Waals surface area contributed by atoms with Crippen LogP contribution in [0.4, 0.5) is 5.13 Å². The lowest BCUT2D eigenvalue weighted by Crippen LogP contribution is -2.71. The molecule has 198 valence electrons. The fourth-order valence-electron chi connectivity index (χ4n) is 4.49. The van der Waals surface area contributed by atoms with E-state index in [-0.39, 0.29) is 28.8 Å². The van der Waals surface area contributed by atoms with E-state index in [4.69, 9.17) is 10.6 Å². The maximum absolute atomic E-state index is 13.1. The van der Waals surface area contributed by atoms with Crippen molar-refractivity contribution < 1.29 is 34.0 Å². The number of carboxylic acid groups (broad SMARTS) is 1. The highest BCUT2D eigenvalue weighted by Gasteiger charge is 2.54. The molecule has 3 aromatic rings. The summed E-state index contributed by atoms with van der Waals surface area (Å²) in [6.45, 7) is 1.94. The first-order chi connectivity index (χ1) is 18.2. The molecule has 3 aromatic heterocycles. The summed E-state index contributed by atoms with van der Waals surface area (Å²) in [7, 11) is 1.28. The number of nitrogens with zero attached hydrogens (tertiary/aromatic N) is 5. The van der Waals surface area contributed by atoms with Crippen molar-refractivity contribution in [3.8, 4) is 0 Å². The van der Waals surface area contributed by atoms with Crippen LogP contribution in [0.2, 0.25) is 0 Å². The largest absolute Gasteiger partial charge is 0.477 e. The van der Waals surface area contributed by atoms with E-state index in [0.29, 0.717) is 11.3 Å². The summed E-state index contributed by atoms with van der Waals surface area (Å²) in [6, 6.07) is 2.75. The first-order valence-electron chi connectivity index (χ1n) is 11.4. The van der Waals surface area contributed by atoms with E-state index in [9.17, 15) is 24.6 Å². The molecule has 0 aliphatic carbocycles. The first kappa shape index (κ1) is 25.7. The predicted molar refractivity (Wildman–Crippen MR) is 138 cm³/mol. The van der Waals surface area contributed by atoms with Crippen LogP contribution in [0.25, 0.3) is 5.52 Å². The lowest BCUT2D eigenvalue weighted by molar-refractivity contribution is -0.688. The number of anilines is 1. The van der Waals surface area contributed by atoms with E-state index in [0.717, 1.165) is 22.5 Å². The number of oxime groups is 1. The number of hydrogen-bond acceptors (Lipinski definition) is 10. The van der Waals surface area contributed by atoms with Gasteiger partial charge in [0, 0.05) is 16.7 Å². The van der Waals surface area contributed by atoms with Gasteiger partial charge in [0.25, 0.3) is 11.8 Å². The number of carboxylic acids is 1. The molecule has 1 fully saturated rings. The minimum atomic E-state index is -1.22. The SMILES string of the molecule is CO/N=C(\C(=O)N[C@@H]1C(=O)N2C(C(=O)O)=C(C[n+]3ccn4c(C(C)O)ccc4c3)CS[C@H]12)c1csc(N)n1. The van der Waals surface area contributed by atoms with Crippen molar-refractivity contribution in [2.75, 3.05) is 18.6 Å². The van der Waals surface area contributed by atoms with Gasteiger partial charge in [-0.1, -0.05) is 5.16 Å². The van der Waals surface area contributed by atoms with E-state index in [1.807, 2.05) is 27.3 Å². The third-order valence-corrected chi connectivity index (χ3v) is 8.20. The van der Waals surface area contributed by atoms with E-state index in [1.165, 1.54) is 23.8 Å². The Morgan fingerprint density at radius 2 is 2.21 bits per heavy atom. The zero-order valence-corrected chi connectivity index (χ0v) is 21.9. The van der Waals surface area contributed by atoms with Crippen LogP contribution in [0.5, 0.6) is 0 Å². The highest BCUT2D eigenvalue weighted by atomic mass is 32.2. The van der Waals surface area contributed by atoms with Gasteiger partial charge in [0.2, 0.25) is 0 Å². The highest BCUT2D eigenvalue weighted by molar-refractivity contribution is 8.00. The molecule has 1 saturated heterocycles. The molecule has 13 nitrogen and oxygen atoms in total. The second-order valence-corrected chi connectivity index (χ2v) is 10.6. The Labute approximate surface area is 224 Å². The zero-order valence-electron chi connectivity index (χ0n) is 20.3. The number of aliphatic hydroxyl groups excluding tert-OH is 1. The van der Waals surface area contributed by atoms with Crippen LogP contribution in [0, 0.1) is 0 Å². The van der Waals surface area contributed by atoms with Crippen LogP contribution in [-0.2, 0) is 25.8 Å². The van der Waals surface area contributed by atoms with Crippen LogP contribution in [0.1, 0.15) is 24.4 Å². The molecule has 2 amide bonds. The number of aromatic nitrogens is 3. The van der Waals surface area contributed by atoms with Crippen LogP contribution in [0.3, 0.4) is 0 Å². The molecule has 0 aromatic carbocycles. The number of thiazole rings is 1. The summed E-state index contributed by atoms with van der Waals surface area (Å²) in [4.78, 5) is 48.2. The first-order valence-corrected chi connectivity index (χ1v) is 13.3. The third kappa shape index (κ3) is 4.48. The van der Waals surface area contributed by atoms with Crippen molar-refractivity contribution in [3.05, 3.63) is 58.8 Å². The Morgan fingerprint density at radius 1 is 1.42 bits per heavy atom. The molecule has 2 aliphatic heterocycles. The van der Waals surface area contributed by atoms with Crippen molar-refractivity contribution in [1.29, 1.82) is 0 Å². The molecule has 0 saturated carbocycles. The molecule has 5 rings (SSSR count). The standard InChI is InChI=1S/C23H23N7O6S2/c1-11(31)15-4-3-13-8-28(5-6-29(13)15)7-12-9-37-21-17(20(33)30(21)18(12)22(34)35)26-19(32)16(27-36-2)14-10-38-23(24)25-14/h3-6,8,10-11,17,21,31H,7,9H2,1-2H3,(H3-,24,25,26,32,34,35)/p+1/b27-16-/t11?,17-,21-/m1/s1. The summed E-state index contributed by atoms with van der Waals surface area (Å²) in [5.41, 5.74) is 7.77. The molecule has 38 heavy (non-hydrogen) atoms. The van der Waals surface area contributed by atoms with Crippen LogP contribution in [-0.4, -0.2) is 72.3 Å². The topological polar surface area (TPSA) is 176 Å². The van der Waals surface area contributed by atoms with Crippen molar-refractivity contribution in [2.45, 2.75) is 31.0 Å². The smallest absolute Gasteiger partial charge is 0.352 e. The number of carbonyl (C=O) groups excluding carboxylic acids is 2. The van der Waals surface area contributed by atoms with Gasteiger partial charge in [-0.2, -0.15) is 4.57 Å². The van der Waals surface area contributed by atoms with E-state index in [2.05, 4.69) is 15.5 Å². The average molecular weight is 559 g/mol. The molecular weight excluding hydrogens is 534 g/mol. The van der Waals surface area contributed by atoms with Crippen LogP contribution in [0.15, 0.2) is 52.5 Å². The van der Waals surface area contributed by atoms with E-state index >= 15 is 0 Å². The number of β-lactam (4-membered cyclic amide) rings is 1. The molecular formula is C23H24N7O6S2+. The van der Waals surface area contributed by atoms with Gasteiger partial charge in [0.15, 0.2) is 29.8 Å². The van der Waals surface area contributed by atoms with Gasteiger partial charge in [-0.05, 0) is 19.1 Å². The van der Waals surface area contributed by atoms with Crippen LogP contribution >= 0.6 is 23.1 Å². The number of aliphatic hydroxyl groups is 1. The van der Waals surface area contributed by atoms with Crippen molar-refractivity contribution in [2.24, 2.45) is 5.16 Å². The van der Waals surface area contributed by atoms with Gasteiger partial charge in [0.05, 0.1) is 18.0 Å². The molecule has 0 bridgehead atoms. The summed E-state index contributed by atoms with van der Waals surface area (Å²) < 4.78 is 3.68. The Kier molecular flexibility index (Phi) is 6.81. The van der Waals surface area contributed by atoms with Crippen molar-refractivity contribution in [3.63, 3.8) is 0 Å². The molecule has 3 atom stereocenters. The summed E-state index contributed by atoms with van der Waals surface area (Å²) in [5.74, 6) is -2.09. The van der Waals surface area contributed by atoms with E-state index < -0.39 is 35.3 Å². The van der Waals surface area contributed by atoms with Gasteiger partial charge in [0.1, 0.15) is 35.4 Å². The number of hydrogen-bond donors (Lipinski definition) is 4. The Bertz CT molecular complexity index is 1510. The molecule has 5 N–H and O–H groups in total. The number of rotatable bonds is 8. The molecule has 15 heteroatoms. The quantitative estimate of drug-likeness (QED) is 0.129. The van der Waals surface area contributed by atoms with Gasteiger partial charge in [-0.3, -0.25) is 14.5 Å². The summed E-state index contributed by atoms with van der Waals surface area (Å²) in [6.07, 6.45) is 4.79. The highest BCUT2D eigenvalue weighted by Crippen LogP contribution is 2.40. The lowest BCUT2D eigenvalue weighted by atomic mass is 10.0. The maximum Gasteiger partial charge on any atom is 0.352 e. The molecule has 0 spiro atoms. The number of thioether (sulfide) groups is 1. The Morgan fingerprint density at radius 3 is 2.87 bits per heavy atom. The molecule has 0 radical (unpaired) electrons. The van der Waals surface area contributed by atoms with E-state index in [1.54, 1.807) is 24.7 Å². The van der Waals surface area contributed by atoms with Crippen LogP contribution < -0.4 is 15.6 Å². The summed E-state index contributed by atoms with van der Waals surface area (Å²) >= 11 is 2.49. The molecule has 1 unspecified atom stereocenters. The average Bonchev–Trinajstić information content (AvgIpc) is 3.51. The zero-order chi connectivity index (χ0) is 27.1. The minimum Gasteiger partial charge on any atom is -0.477 e. The number of nitrogens with two attached hydrogens (primary N) is 1. The number of fused-ring (bicyclic) bond motifs is 2. The van der Waals surface area contributed by atoms with Gasteiger partial charge in [-0.25, -0.2) is 9.78 Å². The molecule has 5 heterocycles. The number of nitrogen functional groups attached to an aromatic ring is 1. The predicted octanol–water partition coefficient (Wildman–Crippen LogP) is 0.108. The normalized spacial score (nSPS) is 20.2. The van der Waals surface area contributed by atoms with Crippen molar-refractivity contribution in [1.82, 2.24) is 19.6 Å². The third-order valence-electron chi connectivity index (χ3n) is 6.19. The fraction of sp³-hybridized carbons (Fsp3) is 0.304. The minimum absolute atomic E-state index is 0.0882. The van der Waals surface area contributed by atoms with Gasteiger partial charge < -0.3 is 30.5 Å². The number of amides is 2. The number of nitrogens with one attached hydrogen (secondary N) is 1. The molecule has 2 aliphatic rings. The fourth-order valence-corrected chi connectivity index (χ4v) is 6.37. The number of carbonyl (C=O) groups is 3. The Hall–Kier alpha value is -3.95. The van der Waals surface area contributed by atoms with Gasteiger partial charge in [-0.15, -0.1) is 23.1 Å². The van der Waals surface area contributed by atoms with Crippen molar-refractivity contribution >= 4 is 57.2 Å². The maximum atomic E-state index is 13.1. The summed E-state index contributed by atoms with van der Waals surface area (Å²) in [5, 5.41) is 27.5.